The van der Waals surface area contributed by atoms with Gasteiger partial charge in [0.15, 0.2) is 0 Å². The lowest BCUT2D eigenvalue weighted by Gasteiger charge is -2.19. The molecule has 2 aromatic rings. The van der Waals surface area contributed by atoms with Gasteiger partial charge in [0.2, 0.25) is 0 Å². The summed E-state index contributed by atoms with van der Waals surface area (Å²) in [4.78, 5) is 0. The Labute approximate surface area is 117 Å². The number of rotatable bonds is 2. The first-order valence-corrected chi connectivity index (χ1v) is 6.49. The Morgan fingerprint density at radius 3 is 2.21 bits per heavy atom. The van der Waals surface area contributed by atoms with Gasteiger partial charge in [-0.2, -0.15) is 0 Å². The first-order valence-electron chi connectivity index (χ1n) is 6.11. The van der Waals surface area contributed by atoms with E-state index in [9.17, 15) is 9.50 Å². The van der Waals surface area contributed by atoms with Crippen LogP contribution < -0.4 is 0 Å². The maximum atomic E-state index is 13.3. The molecule has 1 N–H and O–H groups in total. The molecule has 0 saturated heterocycles. The molecule has 0 fully saturated rings. The van der Waals surface area contributed by atoms with Gasteiger partial charge in [-0.15, -0.1) is 0 Å². The third-order valence-corrected chi connectivity index (χ3v) is 3.86. The Kier molecular flexibility index (Phi) is 3.93. The number of aliphatic hydroxyl groups excluding tert-OH is 1. The second-order valence-electron chi connectivity index (χ2n) is 4.83. The Bertz CT molecular complexity index is 599. The molecule has 0 aliphatic rings. The minimum atomic E-state index is -0.840. The van der Waals surface area contributed by atoms with Crippen molar-refractivity contribution < 1.29 is 9.50 Å². The molecule has 0 aliphatic heterocycles. The maximum Gasteiger partial charge on any atom is 0.123 e. The Balaban J connectivity index is 2.56. The van der Waals surface area contributed by atoms with E-state index >= 15 is 0 Å². The van der Waals surface area contributed by atoms with E-state index in [0.717, 1.165) is 16.7 Å². The molecule has 0 aromatic heterocycles. The molecular weight excluding hydrogens is 263 g/mol. The summed E-state index contributed by atoms with van der Waals surface area (Å²) in [7, 11) is 0. The van der Waals surface area contributed by atoms with Gasteiger partial charge in [-0.3, -0.25) is 0 Å². The molecule has 1 nitrogen and oxygen atoms in total. The lowest BCUT2D eigenvalue weighted by molar-refractivity contribution is 0.218. The molecule has 1 atom stereocenters. The van der Waals surface area contributed by atoms with Crippen LogP contribution >= 0.6 is 11.6 Å². The van der Waals surface area contributed by atoms with Crippen molar-refractivity contribution in [2.45, 2.75) is 26.9 Å². The molecule has 0 amide bonds. The molecule has 0 spiro atoms. The van der Waals surface area contributed by atoms with Crippen LogP contribution in [0.4, 0.5) is 4.39 Å². The highest BCUT2D eigenvalue weighted by Crippen LogP contribution is 2.33. The molecule has 1 unspecified atom stereocenters. The van der Waals surface area contributed by atoms with E-state index in [1.54, 1.807) is 19.9 Å². The number of aliphatic hydroxyl groups is 1. The van der Waals surface area contributed by atoms with Crippen LogP contribution in [-0.4, -0.2) is 5.11 Å². The molecule has 100 valence electrons. The summed E-state index contributed by atoms with van der Waals surface area (Å²) in [5.74, 6) is -0.290. The van der Waals surface area contributed by atoms with Crippen molar-refractivity contribution in [2.24, 2.45) is 0 Å². The van der Waals surface area contributed by atoms with Crippen molar-refractivity contribution in [3.8, 4) is 0 Å². The maximum absolute atomic E-state index is 13.3. The molecule has 0 heterocycles. The quantitative estimate of drug-likeness (QED) is 0.858. The molecule has 3 heteroatoms. The highest BCUT2D eigenvalue weighted by atomic mass is 35.5. The number of benzene rings is 2. The molecule has 19 heavy (non-hydrogen) atoms. The fourth-order valence-electron chi connectivity index (χ4n) is 2.39. The van der Waals surface area contributed by atoms with Crippen LogP contribution in [0.25, 0.3) is 0 Å². The second-order valence-corrected chi connectivity index (χ2v) is 5.21. The van der Waals surface area contributed by atoms with Crippen molar-refractivity contribution in [1.82, 2.24) is 0 Å². The van der Waals surface area contributed by atoms with Crippen LogP contribution in [0.15, 0.2) is 30.3 Å². The summed E-state index contributed by atoms with van der Waals surface area (Å²) >= 11 is 6.24. The fourth-order valence-corrected chi connectivity index (χ4v) is 2.62. The molecule has 0 bridgehead atoms. The van der Waals surface area contributed by atoms with Gasteiger partial charge in [0.25, 0.3) is 0 Å². The highest BCUT2D eigenvalue weighted by molar-refractivity contribution is 6.32. The van der Waals surface area contributed by atoms with Crippen LogP contribution in [0.2, 0.25) is 5.02 Å². The van der Waals surface area contributed by atoms with Gasteiger partial charge >= 0.3 is 0 Å². The monoisotopic (exact) mass is 278 g/mol. The standard InChI is InChI=1S/C16H16ClFO/c1-9-5-4-6-13(15(9)17)16(19)14-10(2)7-12(18)8-11(14)3/h4-8,16,19H,1-3H3. The topological polar surface area (TPSA) is 20.2 Å². The van der Waals surface area contributed by atoms with Gasteiger partial charge in [-0.05, 0) is 55.2 Å². The largest absolute Gasteiger partial charge is 0.384 e. The minimum Gasteiger partial charge on any atom is -0.384 e. The van der Waals surface area contributed by atoms with Gasteiger partial charge in [0, 0.05) is 10.6 Å². The van der Waals surface area contributed by atoms with Gasteiger partial charge in [0.1, 0.15) is 11.9 Å². The van der Waals surface area contributed by atoms with E-state index in [0.29, 0.717) is 16.1 Å². The lowest BCUT2D eigenvalue weighted by Crippen LogP contribution is -2.06. The normalized spacial score (nSPS) is 12.5. The Morgan fingerprint density at radius 2 is 1.63 bits per heavy atom. The predicted molar refractivity (Wildman–Crippen MR) is 76.1 cm³/mol. The molecule has 2 rings (SSSR count). The average Bonchev–Trinajstić information content (AvgIpc) is 2.31. The van der Waals surface area contributed by atoms with Crippen LogP contribution in [0, 0.1) is 26.6 Å². The second kappa shape index (κ2) is 5.32. The smallest absolute Gasteiger partial charge is 0.123 e. The Hall–Kier alpha value is -1.38. The highest BCUT2D eigenvalue weighted by Gasteiger charge is 2.19. The van der Waals surface area contributed by atoms with E-state index in [4.69, 9.17) is 11.6 Å². The SMILES string of the molecule is Cc1cccc(C(O)c2c(C)cc(F)cc2C)c1Cl. The zero-order valence-corrected chi connectivity index (χ0v) is 11.9. The van der Waals surface area contributed by atoms with Crippen LogP contribution in [-0.2, 0) is 0 Å². The third-order valence-electron chi connectivity index (χ3n) is 3.35. The van der Waals surface area contributed by atoms with Crippen molar-refractivity contribution >= 4 is 11.6 Å². The van der Waals surface area contributed by atoms with Gasteiger partial charge in [-0.25, -0.2) is 4.39 Å². The van der Waals surface area contributed by atoms with Crippen molar-refractivity contribution in [1.29, 1.82) is 0 Å². The minimum absolute atomic E-state index is 0.290. The van der Waals surface area contributed by atoms with E-state index < -0.39 is 6.10 Å². The van der Waals surface area contributed by atoms with Crippen LogP contribution in [0.5, 0.6) is 0 Å². The molecule has 0 saturated carbocycles. The molecular formula is C16H16ClFO. The van der Waals surface area contributed by atoms with Crippen LogP contribution in [0.3, 0.4) is 0 Å². The summed E-state index contributed by atoms with van der Waals surface area (Å²) in [6.45, 7) is 5.47. The summed E-state index contributed by atoms with van der Waals surface area (Å²) < 4.78 is 13.3. The number of hydrogen-bond acceptors (Lipinski definition) is 1. The number of aryl methyl sites for hydroxylation is 3. The zero-order chi connectivity index (χ0) is 14.2. The number of halogens is 2. The summed E-state index contributed by atoms with van der Waals surface area (Å²) in [5, 5.41) is 11.1. The molecule has 2 aromatic carbocycles. The average molecular weight is 279 g/mol. The van der Waals surface area contributed by atoms with E-state index in [1.165, 1.54) is 12.1 Å². The van der Waals surface area contributed by atoms with Gasteiger partial charge in [-0.1, -0.05) is 29.8 Å². The van der Waals surface area contributed by atoms with Crippen molar-refractivity contribution in [2.75, 3.05) is 0 Å². The molecule has 0 radical (unpaired) electrons. The van der Waals surface area contributed by atoms with Gasteiger partial charge in [0.05, 0.1) is 0 Å². The van der Waals surface area contributed by atoms with Gasteiger partial charge < -0.3 is 5.11 Å². The first-order chi connectivity index (χ1) is 8.91. The fraction of sp³-hybridized carbons (Fsp3) is 0.250. The lowest BCUT2D eigenvalue weighted by atomic mass is 9.92. The first kappa shape index (κ1) is 14.0. The third kappa shape index (κ3) is 2.65. The summed E-state index contributed by atoms with van der Waals surface area (Å²) in [6, 6.07) is 8.39. The zero-order valence-electron chi connectivity index (χ0n) is 11.2. The number of hydrogen-bond donors (Lipinski definition) is 1. The van der Waals surface area contributed by atoms with Crippen molar-refractivity contribution in [3.05, 3.63) is 69.0 Å². The van der Waals surface area contributed by atoms with E-state index in [-0.39, 0.29) is 5.82 Å². The van der Waals surface area contributed by atoms with Crippen molar-refractivity contribution in [3.63, 3.8) is 0 Å². The Morgan fingerprint density at radius 1 is 1.05 bits per heavy atom. The van der Waals surface area contributed by atoms with E-state index in [2.05, 4.69) is 0 Å². The predicted octanol–water partition coefficient (Wildman–Crippen LogP) is 4.49. The van der Waals surface area contributed by atoms with E-state index in [1.807, 2.05) is 19.1 Å². The summed E-state index contributed by atoms with van der Waals surface area (Å²) in [5.41, 5.74) is 3.73. The van der Waals surface area contributed by atoms with Crippen LogP contribution in [0.1, 0.15) is 33.9 Å². The molecule has 0 aliphatic carbocycles. The summed E-state index contributed by atoms with van der Waals surface area (Å²) in [6.07, 6.45) is -0.840.